The van der Waals surface area contributed by atoms with Crippen molar-refractivity contribution in [3.8, 4) is 0 Å². The number of rotatable bonds is 1. The lowest BCUT2D eigenvalue weighted by molar-refractivity contribution is 0.380. The van der Waals surface area contributed by atoms with E-state index in [2.05, 4.69) is 20.8 Å². The topological polar surface area (TPSA) is 26.0 Å². The molecule has 0 saturated heterocycles. The number of nitrogens with two attached hydrogens (primary N) is 1. The summed E-state index contributed by atoms with van der Waals surface area (Å²) < 4.78 is 0. The highest BCUT2D eigenvalue weighted by Crippen LogP contribution is 2.39. The molecule has 0 bridgehead atoms. The summed E-state index contributed by atoms with van der Waals surface area (Å²) >= 11 is 6.08. The summed E-state index contributed by atoms with van der Waals surface area (Å²) in [5, 5.41) is 1.03. The fraction of sp³-hybridized carbons (Fsp3) is 0.778. The van der Waals surface area contributed by atoms with Crippen LogP contribution in [0.4, 0.5) is 0 Å². The van der Waals surface area contributed by atoms with E-state index in [1.807, 2.05) is 0 Å². The van der Waals surface area contributed by atoms with Gasteiger partial charge in [-0.1, -0.05) is 24.1 Å². The van der Waals surface area contributed by atoms with Gasteiger partial charge in [-0.2, -0.15) is 0 Å². The van der Waals surface area contributed by atoms with E-state index >= 15 is 0 Å². The van der Waals surface area contributed by atoms with Gasteiger partial charge in [0.1, 0.15) is 0 Å². The molecular weight excluding hydrogens is 158 g/mol. The molecule has 11 heavy (non-hydrogen) atoms. The van der Waals surface area contributed by atoms with Crippen molar-refractivity contribution >= 4 is 11.6 Å². The van der Waals surface area contributed by atoms with Crippen molar-refractivity contribution in [2.45, 2.75) is 33.2 Å². The monoisotopic (exact) mass is 173 g/mol. The van der Waals surface area contributed by atoms with E-state index in [9.17, 15) is 0 Å². The Hall–Kier alpha value is -0.0100. The first kappa shape index (κ1) is 9.08. The molecule has 1 rings (SSSR count). The van der Waals surface area contributed by atoms with E-state index in [0.717, 1.165) is 11.5 Å². The molecule has 3 atom stereocenters. The van der Waals surface area contributed by atoms with Crippen molar-refractivity contribution < 1.29 is 0 Å². The average molecular weight is 174 g/mol. The molecule has 0 saturated carbocycles. The van der Waals surface area contributed by atoms with Crippen LogP contribution in [-0.2, 0) is 0 Å². The highest BCUT2D eigenvalue weighted by atomic mass is 35.5. The van der Waals surface area contributed by atoms with Gasteiger partial charge in [-0.15, -0.1) is 0 Å². The normalized spacial score (nSPS) is 34.6. The quantitative estimate of drug-likeness (QED) is 0.648. The first-order valence-corrected chi connectivity index (χ1v) is 4.52. The van der Waals surface area contributed by atoms with Gasteiger partial charge in [0.15, 0.2) is 0 Å². The minimum Gasteiger partial charge on any atom is -0.328 e. The SMILES string of the molecule is CC1=C(Cl)C(C)[C@H]([C@@H](C)N)C1. The van der Waals surface area contributed by atoms with Gasteiger partial charge >= 0.3 is 0 Å². The first-order valence-electron chi connectivity index (χ1n) is 4.14. The third-order valence-electron chi connectivity index (χ3n) is 2.67. The van der Waals surface area contributed by atoms with Crippen LogP contribution in [0.15, 0.2) is 10.6 Å². The molecule has 0 aromatic rings. The molecule has 0 aliphatic heterocycles. The summed E-state index contributed by atoms with van der Waals surface area (Å²) in [6, 6.07) is 0.260. The highest BCUT2D eigenvalue weighted by molar-refractivity contribution is 6.30. The maximum Gasteiger partial charge on any atom is 0.0202 e. The lowest BCUT2D eigenvalue weighted by Crippen LogP contribution is -2.28. The molecule has 1 aliphatic carbocycles. The summed E-state index contributed by atoms with van der Waals surface area (Å²) in [5.41, 5.74) is 7.15. The van der Waals surface area contributed by atoms with Crippen LogP contribution in [-0.4, -0.2) is 6.04 Å². The summed E-state index contributed by atoms with van der Waals surface area (Å²) in [7, 11) is 0. The van der Waals surface area contributed by atoms with Gasteiger partial charge < -0.3 is 5.73 Å². The van der Waals surface area contributed by atoms with E-state index in [1.165, 1.54) is 5.57 Å². The summed E-state index contributed by atoms with van der Waals surface area (Å²) in [6.07, 6.45) is 1.08. The molecule has 0 heterocycles. The average Bonchev–Trinajstić information content (AvgIpc) is 2.17. The van der Waals surface area contributed by atoms with Gasteiger partial charge in [0, 0.05) is 11.1 Å². The zero-order chi connectivity index (χ0) is 8.59. The maximum absolute atomic E-state index is 6.08. The molecule has 1 aliphatic rings. The first-order chi connectivity index (χ1) is 5.04. The molecule has 64 valence electrons. The Morgan fingerprint density at radius 3 is 2.36 bits per heavy atom. The number of hydrogen-bond acceptors (Lipinski definition) is 1. The third kappa shape index (κ3) is 1.60. The van der Waals surface area contributed by atoms with Gasteiger partial charge in [0.25, 0.3) is 0 Å². The van der Waals surface area contributed by atoms with Crippen molar-refractivity contribution in [2.24, 2.45) is 17.6 Å². The Balaban J connectivity index is 2.70. The smallest absolute Gasteiger partial charge is 0.0202 e. The van der Waals surface area contributed by atoms with Crippen LogP contribution in [0.1, 0.15) is 27.2 Å². The number of halogens is 1. The van der Waals surface area contributed by atoms with Crippen molar-refractivity contribution in [1.29, 1.82) is 0 Å². The maximum atomic E-state index is 6.08. The molecule has 0 fully saturated rings. The molecule has 0 aromatic heterocycles. The molecule has 2 N–H and O–H groups in total. The Morgan fingerprint density at radius 2 is 2.18 bits per heavy atom. The summed E-state index contributed by atoms with van der Waals surface area (Å²) in [5.74, 6) is 1.03. The van der Waals surface area contributed by atoms with Crippen LogP contribution in [0.25, 0.3) is 0 Å². The van der Waals surface area contributed by atoms with Crippen LogP contribution in [0.3, 0.4) is 0 Å². The van der Waals surface area contributed by atoms with Crippen LogP contribution in [0.2, 0.25) is 0 Å². The van der Waals surface area contributed by atoms with Gasteiger partial charge in [-0.25, -0.2) is 0 Å². The minimum atomic E-state index is 0.260. The van der Waals surface area contributed by atoms with E-state index in [0.29, 0.717) is 11.8 Å². The zero-order valence-electron chi connectivity index (χ0n) is 7.39. The highest BCUT2D eigenvalue weighted by Gasteiger charge is 2.30. The predicted octanol–water partition coefficient (Wildman–Crippen LogP) is 2.50. The second-order valence-corrected chi connectivity index (χ2v) is 4.05. The zero-order valence-corrected chi connectivity index (χ0v) is 8.15. The lowest BCUT2D eigenvalue weighted by atomic mass is 9.91. The third-order valence-corrected chi connectivity index (χ3v) is 3.33. The van der Waals surface area contributed by atoms with Crippen LogP contribution in [0.5, 0.6) is 0 Å². The van der Waals surface area contributed by atoms with Crippen LogP contribution >= 0.6 is 11.6 Å². The molecular formula is C9H16ClN. The summed E-state index contributed by atoms with van der Waals surface area (Å²) in [4.78, 5) is 0. The molecule has 2 heteroatoms. The standard InChI is InChI=1S/C9H16ClN/c1-5-4-8(7(3)11)6(2)9(5)10/h6-8H,4,11H2,1-3H3/t6?,7-,8-/m1/s1. The van der Waals surface area contributed by atoms with Crippen LogP contribution in [0, 0.1) is 11.8 Å². The van der Waals surface area contributed by atoms with Gasteiger partial charge in [-0.05, 0) is 32.1 Å². The van der Waals surface area contributed by atoms with Crippen molar-refractivity contribution in [3.63, 3.8) is 0 Å². The molecule has 0 spiro atoms. The fourth-order valence-corrected chi connectivity index (χ4v) is 2.08. The Kier molecular flexibility index (Phi) is 2.61. The molecule has 1 unspecified atom stereocenters. The molecule has 0 aromatic carbocycles. The van der Waals surface area contributed by atoms with Crippen LogP contribution < -0.4 is 5.73 Å². The van der Waals surface area contributed by atoms with E-state index in [1.54, 1.807) is 0 Å². The predicted molar refractivity (Wildman–Crippen MR) is 49.5 cm³/mol. The molecule has 0 radical (unpaired) electrons. The van der Waals surface area contributed by atoms with Gasteiger partial charge in [0.05, 0.1) is 0 Å². The lowest BCUT2D eigenvalue weighted by Gasteiger charge is -2.19. The van der Waals surface area contributed by atoms with Gasteiger partial charge in [0.2, 0.25) is 0 Å². The van der Waals surface area contributed by atoms with E-state index in [-0.39, 0.29) is 6.04 Å². The summed E-state index contributed by atoms with van der Waals surface area (Å²) in [6.45, 7) is 6.32. The fourth-order valence-electron chi connectivity index (χ4n) is 1.85. The molecule has 0 amide bonds. The Bertz CT molecular complexity index is 184. The van der Waals surface area contributed by atoms with Gasteiger partial charge in [-0.3, -0.25) is 0 Å². The second-order valence-electron chi connectivity index (χ2n) is 3.64. The minimum absolute atomic E-state index is 0.260. The van der Waals surface area contributed by atoms with Crippen molar-refractivity contribution in [1.82, 2.24) is 0 Å². The largest absolute Gasteiger partial charge is 0.328 e. The van der Waals surface area contributed by atoms with Crippen molar-refractivity contribution in [3.05, 3.63) is 10.6 Å². The van der Waals surface area contributed by atoms with E-state index < -0.39 is 0 Å². The molecule has 1 nitrogen and oxygen atoms in total. The number of allylic oxidation sites excluding steroid dienone is 2. The Morgan fingerprint density at radius 1 is 1.64 bits per heavy atom. The number of hydrogen-bond donors (Lipinski definition) is 1. The van der Waals surface area contributed by atoms with E-state index in [4.69, 9.17) is 17.3 Å². The second kappa shape index (κ2) is 3.16. The van der Waals surface area contributed by atoms with Crippen molar-refractivity contribution in [2.75, 3.05) is 0 Å². The Labute approximate surface area is 73.6 Å².